The number of hydrogen-bond donors (Lipinski definition) is 1. The fourth-order valence-corrected chi connectivity index (χ4v) is 3.71. The number of amides is 1. The number of nitrogens with zero attached hydrogens (tertiary/aromatic N) is 5. The quantitative estimate of drug-likeness (QED) is 0.508. The van der Waals surface area contributed by atoms with Gasteiger partial charge in [-0.15, -0.1) is 0 Å². The van der Waals surface area contributed by atoms with Crippen LogP contribution in [0.5, 0.6) is 0 Å². The van der Waals surface area contributed by atoms with Gasteiger partial charge < -0.3 is 5.73 Å². The minimum absolute atomic E-state index is 0.231. The molecule has 0 aliphatic carbocycles. The van der Waals surface area contributed by atoms with Crippen molar-refractivity contribution in [1.82, 2.24) is 23.1 Å². The Hall–Kier alpha value is -3.14. The second-order valence-electron chi connectivity index (χ2n) is 6.60. The molecular weight excluding hydrogens is 428 g/mol. The highest BCUT2D eigenvalue weighted by Gasteiger charge is 2.23. The predicted molar refractivity (Wildman–Crippen MR) is 108 cm³/mol. The van der Waals surface area contributed by atoms with Gasteiger partial charge in [0.2, 0.25) is 11.7 Å². The summed E-state index contributed by atoms with van der Waals surface area (Å²) in [7, 11) is 1.51. The highest BCUT2D eigenvalue weighted by atomic mass is 79.9. The van der Waals surface area contributed by atoms with Crippen LogP contribution in [0.25, 0.3) is 22.6 Å². The third kappa shape index (κ3) is 2.44. The van der Waals surface area contributed by atoms with Crippen molar-refractivity contribution < 1.29 is 4.79 Å². The molecule has 0 spiro atoms. The zero-order valence-electron chi connectivity index (χ0n) is 15.4. The summed E-state index contributed by atoms with van der Waals surface area (Å²) in [5.41, 5.74) is 7.04. The number of hydrogen-bond acceptors (Lipinski definition) is 4. The molecule has 0 aliphatic rings. The first-order valence-electron chi connectivity index (χ1n) is 8.46. The van der Waals surface area contributed by atoms with Gasteiger partial charge in [0.1, 0.15) is 6.54 Å². The number of aromatic nitrogens is 5. The Morgan fingerprint density at radius 1 is 1.14 bits per heavy atom. The van der Waals surface area contributed by atoms with E-state index in [9.17, 15) is 14.4 Å². The highest BCUT2D eigenvalue weighted by Crippen LogP contribution is 2.25. The van der Waals surface area contributed by atoms with E-state index in [2.05, 4.69) is 20.9 Å². The first-order valence-corrected chi connectivity index (χ1v) is 9.25. The first kappa shape index (κ1) is 18.2. The van der Waals surface area contributed by atoms with Crippen LogP contribution < -0.4 is 17.0 Å². The Morgan fingerprint density at radius 2 is 1.79 bits per heavy atom. The minimum atomic E-state index is -0.764. The third-order valence-electron chi connectivity index (χ3n) is 4.92. The molecule has 4 rings (SSSR count). The topological polar surface area (TPSA) is 109 Å². The number of aryl methyl sites for hydroxylation is 2. The molecule has 3 heterocycles. The number of carbonyl (C=O) groups is 1. The molecule has 0 saturated heterocycles. The van der Waals surface area contributed by atoms with Crippen molar-refractivity contribution in [3.05, 3.63) is 61.0 Å². The number of nitrogens with two attached hydrogens (primary N) is 1. The Labute approximate surface area is 166 Å². The van der Waals surface area contributed by atoms with Gasteiger partial charge in [-0.25, -0.2) is 9.36 Å². The number of benzene rings is 1. The molecule has 0 bridgehead atoms. The lowest BCUT2D eigenvalue weighted by Crippen LogP contribution is -2.42. The average Bonchev–Trinajstić information content (AvgIpc) is 3.14. The fraction of sp³-hybridized carbons (Fsp3) is 0.222. The molecule has 9 nitrogen and oxygen atoms in total. The van der Waals surface area contributed by atoms with Gasteiger partial charge in [-0.3, -0.25) is 23.1 Å². The van der Waals surface area contributed by atoms with E-state index in [0.717, 1.165) is 26.1 Å². The Kier molecular flexibility index (Phi) is 4.03. The van der Waals surface area contributed by atoms with Crippen LogP contribution in [0.3, 0.4) is 0 Å². The second-order valence-corrected chi connectivity index (χ2v) is 7.52. The summed E-state index contributed by atoms with van der Waals surface area (Å²) in [5, 5.41) is 0. The van der Waals surface area contributed by atoms with E-state index in [4.69, 9.17) is 5.73 Å². The van der Waals surface area contributed by atoms with E-state index < -0.39 is 23.7 Å². The van der Waals surface area contributed by atoms with Crippen molar-refractivity contribution in [2.45, 2.75) is 20.4 Å². The second kappa shape index (κ2) is 6.20. The molecular formula is C18H17BrN6O3. The zero-order valence-corrected chi connectivity index (χ0v) is 17.0. The molecule has 0 radical (unpaired) electrons. The van der Waals surface area contributed by atoms with Gasteiger partial charge in [-0.1, -0.05) is 15.9 Å². The molecule has 0 atom stereocenters. The maximum absolute atomic E-state index is 13.0. The number of imidazole rings is 2. The van der Waals surface area contributed by atoms with Crippen LogP contribution in [0.15, 0.2) is 38.3 Å². The summed E-state index contributed by atoms with van der Waals surface area (Å²) >= 11 is 3.42. The maximum atomic E-state index is 13.0. The van der Waals surface area contributed by atoms with Gasteiger partial charge >= 0.3 is 5.69 Å². The van der Waals surface area contributed by atoms with Gasteiger partial charge in [0, 0.05) is 28.6 Å². The van der Waals surface area contributed by atoms with E-state index in [0.29, 0.717) is 5.78 Å². The highest BCUT2D eigenvalue weighted by molar-refractivity contribution is 9.10. The number of primary amides is 1. The monoisotopic (exact) mass is 444 g/mol. The van der Waals surface area contributed by atoms with Gasteiger partial charge in [0.15, 0.2) is 11.2 Å². The van der Waals surface area contributed by atoms with Crippen molar-refractivity contribution in [2.75, 3.05) is 0 Å². The van der Waals surface area contributed by atoms with Crippen LogP contribution in [-0.2, 0) is 18.4 Å². The third-order valence-corrected chi connectivity index (χ3v) is 5.45. The number of fused-ring (bicyclic) bond motifs is 3. The van der Waals surface area contributed by atoms with Crippen LogP contribution >= 0.6 is 15.9 Å². The van der Waals surface area contributed by atoms with Crippen molar-refractivity contribution in [1.29, 1.82) is 0 Å². The molecule has 1 amide bonds. The number of rotatable bonds is 3. The summed E-state index contributed by atoms with van der Waals surface area (Å²) in [5.74, 6) is -0.254. The zero-order chi connectivity index (χ0) is 20.3. The SMILES string of the molecule is Cc1c(C)n2c3c(=O)n(CC(N)=O)c(=O)n(C)c3nc2n1-c1ccc(Br)cc1. The van der Waals surface area contributed by atoms with Crippen molar-refractivity contribution >= 4 is 38.8 Å². The van der Waals surface area contributed by atoms with Crippen LogP contribution in [0.2, 0.25) is 0 Å². The molecule has 0 fully saturated rings. The van der Waals surface area contributed by atoms with Crippen molar-refractivity contribution in [3.63, 3.8) is 0 Å². The number of carbonyl (C=O) groups excluding carboxylic acids is 1. The van der Waals surface area contributed by atoms with Crippen molar-refractivity contribution in [2.24, 2.45) is 12.8 Å². The van der Waals surface area contributed by atoms with Crippen LogP contribution in [0.4, 0.5) is 0 Å². The first-order chi connectivity index (χ1) is 13.2. The normalized spacial score (nSPS) is 11.6. The summed E-state index contributed by atoms with van der Waals surface area (Å²) in [6.07, 6.45) is 0. The standard InChI is InChI=1S/C18H17BrN6O3/c1-9-10(2)25-14-15(22(3)18(28)23(16(14)27)8-13(20)26)21-17(25)24(9)12-6-4-11(19)5-7-12/h4-7H,8H2,1-3H3,(H2,20,26). The maximum Gasteiger partial charge on any atom is 0.332 e. The van der Waals surface area contributed by atoms with Crippen LogP contribution in [0, 0.1) is 13.8 Å². The van der Waals surface area contributed by atoms with Gasteiger partial charge in [-0.05, 0) is 38.1 Å². The van der Waals surface area contributed by atoms with E-state index in [1.807, 2.05) is 42.7 Å². The lowest BCUT2D eigenvalue weighted by Gasteiger charge is -2.07. The van der Waals surface area contributed by atoms with Gasteiger partial charge in [-0.2, -0.15) is 4.98 Å². The summed E-state index contributed by atoms with van der Waals surface area (Å²) in [6.45, 7) is 3.32. The summed E-state index contributed by atoms with van der Waals surface area (Å²) in [6, 6.07) is 7.69. The Bertz CT molecular complexity index is 1390. The van der Waals surface area contributed by atoms with Gasteiger partial charge in [0.25, 0.3) is 5.56 Å². The van der Waals surface area contributed by atoms with E-state index >= 15 is 0 Å². The smallest absolute Gasteiger partial charge is 0.332 e. The molecule has 0 aliphatic heterocycles. The van der Waals surface area contributed by atoms with Crippen LogP contribution in [-0.4, -0.2) is 29.0 Å². The van der Waals surface area contributed by atoms with Crippen LogP contribution in [0.1, 0.15) is 11.4 Å². The molecule has 1 aromatic carbocycles. The molecule has 0 unspecified atom stereocenters. The fourth-order valence-electron chi connectivity index (χ4n) is 3.45. The number of halogens is 1. The molecule has 144 valence electrons. The van der Waals surface area contributed by atoms with Crippen molar-refractivity contribution in [3.8, 4) is 5.69 Å². The molecule has 2 N–H and O–H groups in total. The summed E-state index contributed by atoms with van der Waals surface area (Å²) in [4.78, 5) is 41.5. The predicted octanol–water partition coefficient (Wildman–Crippen LogP) is 1.00. The Morgan fingerprint density at radius 3 is 2.39 bits per heavy atom. The molecule has 10 heteroatoms. The van der Waals surface area contributed by atoms with E-state index in [-0.39, 0.29) is 11.2 Å². The largest absolute Gasteiger partial charge is 0.368 e. The molecule has 4 aromatic rings. The van der Waals surface area contributed by atoms with E-state index in [1.54, 1.807) is 4.40 Å². The van der Waals surface area contributed by atoms with Gasteiger partial charge in [0.05, 0.1) is 0 Å². The molecule has 3 aromatic heterocycles. The lowest BCUT2D eigenvalue weighted by molar-refractivity contribution is -0.118. The molecule has 0 saturated carbocycles. The Balaban J connectivity index is 2.18. The lowest BCUT2D eigenvalue weighted by atomic mass is 10.3. The van der Waals surface area contributed by atoms with E-state index in [1.165, 1.54) is 11.6 Å². The minimum Gasteiger partial charge on any atom is -0.368 e. The summed E-state index contributed by atoms with van der Waals surface area (Å²) < 4.78 is 6.67. The molecule has 28 heavy (non-hydrogen) atoms. The average molecular weight is 445 g/mol.